The van der Waals surface area contributed by atoms with Crippen LogP contribution in [0.25, 0.3) is 10.1 Å². The van der Waals surface area contributed by atoms with Gasteiger partial charge in [-0.2, -0.15) is 0 Å². The third-order valence-electron chi connectivity index (χ3n) is 1.92. The van der Waals surface area contributed by atoms with E-state index in [1.165, 1.54) is 23.5 Å². The maximum atomic E-state index is 10.5. The average molecular weight is 209 g/mol. The summed E-state index contributed by atoms with van der Waals surface area (Å²) in [7, 11) is 0. The van der Waals surface area contributed by atoms with Gasteiger partial charge in [-0.05, 0) is 17.5 Å². The maximum absolute atomic E-state index is 10.5. The predicted molar refractivity (Wildman–Crippen MR) is 54.4 cm³/mol. The van der Waals surface area contributed by atoms with Crippen LogP contribution in [0.4, 0.5) is 5.69 Å². The quantitative estimate of drug-likeness (QED) is 0.609. The Morgan fingerprint density at radius 3 is 2.86 bits per heavy atom. The van der Waals surface area contributed by atoms with E-state index >= 15 is 0 Å². The smallest absolute Gasteiger partial charge is 0.270 e. The number of rotatable bonds is 2. The van der Waals surface area contributed by atoms with Crippen molar-refractivity contribution in [3.8, 4) is 0 Å². The number of nitro groups is 1. The zero-order chi connectivity index (χ0) is 10.1. The lowest BCUT2D eigenvalue weighted by atomic mass is 10.2. The molecule has 0 aliphatic carbocycles. The molecule has 0 saturated carbocycles. The standard InChI is InChI=1S/C9H7NO3S/c11-5-8-3-6-1-2-7(10(12)13)4-9(6)14-8/h1-4,11H,5H2. The van der Waals surface area contributed by atoms with Crippen LogP contribution in [-0.2, 0) is 6.61 Å². The Bertz CT molecular complexity index is 492. The van der Waals surface area contributed by atoms with Gasteiger partial charge in [0.1, 0.15) is 0 Å². The lowest BCUT2D eigenvalue weighted by Gasteiger charge is -1.89. The topological polar surface area (TPSA) is 63.4 Å². The Kier molecular flexibility index (Phi) is 2.18. The highest BCUT2D eigenvalue weighted by Gasteiger charge is 2.08. The van der Waals surface area contributed by atoms with Crippen molar-refractivity contribution < 1.29 is 10.0 Å². The molecule has 0 bridgehead atoms. The van der Waals surface area contributed by atoms with Crippen molar-refractivity contribution in [2.24, 2.45) is 0 Å². The van der Waals surface area contributed by atoms with Crippen molar-refractivity contribution in [1.29, 1.82) is 0 Å². The summed E-state index contributed by atoms with van der Waals surface area (Å²) in [4.78, 5) is 10.9. The lowest BCUT2D eigenvalue weighted by Crippen LogP contribution is -1.85. The van der Waals surface area contributed by atoms with Crippen LogP contribution in [0.3, 0.4) is 0 Å². The Morgan fingerprint density at radius 1 is 1.43 bits per heavy atom. The Hall–Kier alpha value is -1.46. The lowest BCUT2D eigenvalue weighted by molar-refractivity contribution is -0.384. The molecule has 0 radical (unpaired) electrons. The first-order valence-electron chi connectivity index (χ1n) is 3.98. The van der Waals surface area contributed by atoms with Crippen LogP contribution in [0.2, 0.25) is 0 Å². The highest BCUT2D eigenvalue weighted by atomic mass is 32.1. The molecule has 72 valence electrons. The van der Waals surface area contributed by atoms with Gasteiger partial charge in [0, 0.05) is 21.7 Å². The van der Waals surface area contributed by atoms with Crippen molar-refractivity contribution in [2.75, 3.05) is 0 Å². The van der Waals surface area contributed by atoms with Gasteiger partial charge in [0.25, 0.3) is 5.69 Å². The molecule has 0 spiro atoms. The van der Waals surface area contributed by atoms with Gasteiger partial charge in [-0.1, -0.05) is 0 Å². The number of nitrogens with zero attached hydrogens (tertiary/aromatic N) is 1. The molecule has 2 rings (SSSR count). The number of fused-ring (bicyclic) bond motifs is 1. The summed E-state index contributed by atoms with van der Waals surface area (Å²) in [6, 6.07) is 6.53. The number of aliphatic hydroxyl groups is 1. The molecular formula is C9H7NO3S. The number of thiophene rings is 1. The van der Waals surface area contributed by atoms with E-state index in [0.717, 1.165) is 15.0 Å². The highest BCUT2D eigenvalue weighted by Crippen LogP contribution is 2.28. The number of aliphatic hydroxyl groups excluding tert-OH is 1. The van der Waals surface area contributed by atoms with Crippen LogP contribution in [0.1, 0.15) is 4.88 Å². The molecule has 4 nitrogen and oxygen atoms in total. The minimum atomic E-state index is -0.419. The average Bonchev–Trinajstić information content (AvgIpc) is 2.58. The predicted octanol–water partition coefficient (Wildman–Crippen LogP) is 2.30. The summed E-state index contributed by atoms with van der Waals surface area (Å²) in [6.07, 6.45) is 0. The van der Waals surface area contributed by atoms with E-state index in [-0.39, 0.29) is 12.3 Å². The molecule has 1 heterocycles. The van der Waals surface area contributed by atoms with Crippen LogP contribution < -0.4 is 0 Å². The van der Waals surface area contributed by atoms with Crippen LogP contribution in [0.15, 0.2) is 24.3 Å². The number of nitro benzene ring substituents is 1. The Labute approximate surface area is 83.6 Å². The highest BCUT2D eigenvalue weighted by molar-refractivity contribution is 7.19. The van der Waals surface area contributed by atoms with Crippen molar-refractivity contribution in [3.63, 3.8) is 0 Å². The van der Waals surface area contributed by atoms with Gasteiger partial charge < -0.3 is 5.11 Å². The number of non-ortho nitro benzene ring substituents is 1. The summed E-state index contributed by atoms with van der Waals surface area (Å²) < 4.78 is 0.836. The van der Waals surface area contributed by atoms with Gasteiger partial charge in [-0.15, -0.1) is 11.3 Å². The largest absolute Gasteiger partial charge is 0.391 e. The first kappa shape index (κ1) is 9.11. The maximum Gasteiger partial charge on any atom is 0.270 e. The van der Waals surface area contributed by atoms with Crippen LogP contribution in [-0.4, -0.2) is 10.0 Å². The number of hydrogen-bond donors (Lipinski definition) is 1. The molecule has 5 heteroatoms. The van der Waals surface area contributed by atoms with Crippen LogP contribution in [0.5, 0.6) is 0 Å². The summed E-state index contributed by atoms with van der Waals surface area (Å²) in [5.41, 5.74) is 0.0869. The Morgan fingerprint density at radius 2 is 2.21 bits per heavy atom. The Balaban J connectivity index is 2.59. The molecule has 0 aliphatic heterocycles. The van der Waals surface area contributed by atoms with Crippen molar-refractivity contribution in [2.45, 2.75) is 6.61 Å². The SMILES string of the molecule is O=[N+]([O-])c1ccc2cc(CO)sc2c1. The zero-order valence-electron chi connectivity index (χ0n) is 7.14. The summed E-state index contributed by atoms with van der Waals surface area (Å²) in [6.45, 7) is -0.0207. The van der Waals surface area contributed by atoms with Gasteiger partial charge in [-0.25, -0.2) is 0 Å². The normalized spacial score (nSPS) is 10.6. The summed E-state index contributed by atoms with van der Waals surface area (Å²) >= 11 is 1.37. The van der Waals surface area contributed by atoms with E-state index in [1.807, 2.05) is 6.07 Å². The third-order valence-corrected chi connectivity index (χ3v) is 3.00. The second-order valence-electron chi connectivity index (χ2n) is 2.85. The van der Waals surface area contributed by atoms with E-state index in [0.29, 0.717) is 0 Å². The van der Waals surface area contributed by atoms with E-state index in [2.05, 4.69) is 0 Å². The number of benzene rings is 1. The summed E-state index contributed by atoms with van der Waals surface area (Å²) in [5, 5.41) is 20.3. The van der Waals surface area contributed by atoms with Crippen molar-refractivity contribution in [1.82, 2.24) is 0 Å². The molecule has 0 saturated heterocycles. The van der Waals surface area contributed by atoms with Gasteiger partial charge in [0.15, 0.2) is 0 Å². The third kappa shape index (κ3) is 1.47. The number of hydrogen-bond acceptors (Lipinski definition) is 4. The second-order valence-corrected chi connectivity index (χ2v) is 4.02. The molecule has 0 unspecified atom stereocenters. The monoisotopic (exact) mass is 209 g/mol. The fraction of sp³-hybridized carbons (Fsp3) is 0.111. The van der Waals surface area contributed by atoms with E-state index < -0.39 is 4.92 Å². The minimum Gasteiger partial charge on any atom is -0.391 e. The molecule has 2 aromatic rings. The fourth-order valence-electron chi connectivity index (χ4n) is 1.27. The molecule has 1 N–H and O–H groups in total. The first-order valence-corrected chi connectivity index (χ1v) is 4.80. The fourth-order valence-corrected chi connectivity index (χ4v) is 2.22. The molecule has 0 amide bonds. The van der Waals surface area contributed by atoms with E-state index in [9.17, 15) is 10.1 Å². The van der Waals surface area contributed by atoms with Gasteiger partial charge >= 0.3 is 0 Å². The molecule has 0 aliphatic rings. The molecule has 14 heavy (non-hydrogen) atoms. The van der Waals surface area contributed by atoms with Crippen LogP contribution in [0, 0.1) is 10.1 Å². The molecule has 1 aromatic heterocycles. The second kappa shape index (κ2) is 3.36. The zero-order valence-corrected chi connectivity index (χ0v) is 7.95. The van der Waals surface area contributed by atoms with E-state index in [1.54, 1.807) is 6.07 Å². The van der Waals surface area contributed by atoms with E-state index in [4.69, 9.17) is 5.11 Å². The molecular weight excluding hydrogens is 202 g/mol. The first-order chi connectivity index (χ1) is 6.70. The minimum absolute atomic E-state index is 0.0207. The van der Waals surface area contributed by atoms with Crippen molar-refractivity contribution >= 4 is 27.1 Å². The molecule has 1 aromatic carbocycles. The molecule has 0 fully saturated rings. The molecule has 0 atom stereocenters. The van der Waals surface area contributed by atoms with Crippen LogP contribution >= 0.6 is 11.3 Å². The van der Waals surface area contributed by atoms with Gasteiger partial charge in [-0.3, -0.25) is 10.1 Å². The summed E-state index contributed by atoms with van der Waals surface area (Å²) in [5.74, 6) is 0. The van der Waals surface area contributed by atoms with Crippen molar-refractivity contribution in [3.05, 3.63) is 39.3 Å². The van der Waals surface area contributed by atoms with Gasteiger partial charge in [0.05, 0.1) is 11.5 Å². The van der Waals surface area contributed by atoms with Gasteiger partial charge in [0.2, 0.25) is 0 Å².